The minimum atomic E-state index is 0.562. The van der Waals surface area contributed by atoms with Gasteiger partial charge in [-0.15, -0.1) is 0 Å². The van der Waals surface area contributed by atoms with Crippen molar-refractivity contribution in [1.29, 1.82) is 0 Å². The minimum Gasteiger partial charge on any atom is -0.315 e. The molecule has 0 aromatic carbocycles. The third-order valence-corrected chi connectivity index (χ3v) is 3.21. The van der Waals surface area contributed by atoms with Crippen molar-refractivity contribution >= 4 is 0 Å². The summed E-state index contributed by atoms with van der Waals surface area (Å²) in [5, 5.41) is 3.45. The summed E-state index contributed by atoms with van der Waals surface area (Å²) in [7, 11) is 0. The van der Waals surface area contributed by atoms with Gasteiger partial charge in [0.1, 0.15) is 5.82 Å². The van der Waals surface area contributed by atoms with Gasteiger partial charge >= 0.3 is 0 Å². The van der Waals surface area contributed by atoms with Crippen LogP contribution < -0.4 is 5.32 Å². The molecule has 0 spiro atoms. The first-order valence-corrected chi connectivity index (χ1v) is 7.46. The van der Waals surface area contributed by atoms with Gasteiger partial charge in [0.05, 0.1) is 0 Å². The molecule has 0 radical (unpaired) electrons. The van der Waals surface area contributed by atoms with E-state index in [4.69, 9.17) is 0 Å². The van der Waals surface area contributed by atoms with Gasteiger partial charge in [-0.05, 0) is 44.7 Å². The van der Waals surface area contributed by atoms with Gasteiger partial charge in [-0.25, -0.2) is 9.97 Å². The van der Waals surface area contributed by atoms with E-state index in [9.17, 15) is 0 Å². The SMILES string of the molecule is Cc1nc(CC(C)C)nc(C)c1CCCNC(C)C. The number of nitrogens with one attached hydrogen (secondary N) is 1. The predicted octanol–water partition coefficient (Wildman–Crippen LogP) is 3.22. The van der Waals surface area contributed by atoms with Crippen LogP contribution in [0.2, 0.25) is 0 Å². The van der Waals surface area contributed by atoms with Crippen molar-refractivity contribution in [2.75, 3.05) is 6.54 Å². The van der Waals surface area contributed by atoms with E-state index in [1.807, 2.05) is 0 Å². The van der Waals surface area contributed by atoms with Crippen LogP contribution in [0.5, 0.6) is 0 Å². The fourth-order valence-electron chi connectivity index (χ4n) is 2.28. The van der Waals surface area contributed by atoms with Gasteiger partial charge in [0.25, 0.3) is 0 Å². The van der Waals surface area contributed by atoms with E-state index in [1.54, 1.807) is 0 Å². The highest BCUT2D eigenvalue weighted by Gasteiger charge is 2.09. The fourth-order valence-corrected chi connectivity index (χ4v) is 2.28. The minimum absolute atomic E-state index is 0.562. The lowest BCUT2D eigenvalue weighted by atomic mass is 10.1. The van der Waals surface area contributed by atoms with Crippen LogP contribution in [0.3, 0.4) is 0 Å². The molecule has 0 atom stereocenters. The molecule has 0 saturated carbocycles. The van der Waals surface area contributed by atoms with Gasteiger partial charge in [-0.2, -0.15) is 0 Å². The normalized spacial score (nSPS) is 11.6. The summed E-state index contributed by atoms with van der Waals surface area (Å²) in [5.41, 5.74) is 3.65. The number of hydrogen-bond donors (Lipinski definition) is 1. The van der Waals surface area contributed by atoms with Crippen LogP contribution in [0.1, 0.15) is 56.9 Å². The van der Waals surface area contributed by atoms with Crippen LogP contribution in [0.25, 0.3) is 0 Å². The summed E-state index contributed by atoms with van der Waals surface area (Å²) < 4.78 is 0. The summed E-state index contributed by atoms with van der Waals surface area (Å²) in [6, 6.07) is 0.562. The fraction of sp³-hybridized carbons (Fsp3) is 0.750. The quantitative estimate of drug-likeness (QED) is 0.768. The van der Waals surface area contributed by atoms with Crippen molar-refractivity contribution in [3.05, 3.63) is 22.8 Å². The van der Waals surface area contributed by atoms with Crippen LogP contribution in [0.15, 0.2) is 0 Å². The molecule has 0 aliphatic rings. The van der Waals surface area contributed by atoms with Gasteiger partial charge in [0, 0.05) is 23.9 Å². The van der Waals surface area contributed by atoms with E-state index in [1.165, 1.54) is 5.56 Å². The molecule has 0 fully saturated rings. The van der Waals surface area contributed by atoms with E-state index < -0.39 is 0 Å². The topological polar surface area (TPSA) is 37.8 Å². The molecule has 3 heteroatoms. The molecule has 1 heterocycles. The summed E-state index contributed by atoms with van der Waals surface area (Å²) in [6.07, 6.45) is 3.18. The Labute approximate surface area is 118 Å². The molecule has 108 valence electrons. The van der Waals surface area contributed by atoms with Gasteiger partial charge in [0.2, 0.25) is 0 Å². The lowest BCUT2D eigenvalue weighted by Crippen LogP contribution is -2.24. The molecule has 0 unspecified atom stereocenters. The van der Waals surface area contributed by atoms with Crippen molar-refractivity contribution in [3.63, 3.8) is 0 Å². The summed E-state index contributed by atoms with van der Waals surface area (Å²) in [6.45, 7) is 14.1. The standard InChI is InChI=1S/C16H29N3/c1-11(2)10-16-18-13(5)15(14(6)19-16)8-7-9-17-12(3)4/h11-12,17H,7-10H2,1-6H3. The second-order valence-electron chi connectivity index (χ2n) is 6.10. The van der Waals surface area contributed by atoms with E-state index in [-0.39, 0.29) is 0 Å². The molecule has 1 rings (SSSR count). The molecule has 1 aromatic rings. The number of rotatable bonds is 7. The summed E-state index contributed by atoms with van der Waals surface area (Å²) in [4.78, 5) is 9.31. The van der Waals surface area contributed by atoms with Crippen LogP contribution in [-0.2, 0) is 12.8 Å². The number of nitrogens with zero attached hydrogens (tertiary/aromatic N) is 2. The average Bonchev–Trinajstić information content (AvgIpc) is 2.25. The van der Waals surface area contributed by atoms with Gasteiger partial charge in [-0.3, -0.25) is 0 Å². The van der Waals surface area contributed by atoms with Crippen LogP contribution >= 0.6 is 0 Å². The molecule has 1 aromatic heterocycles. The first-order chi connectivity index (χ1) is 8.90. The average molecular weight is 263 g/mol. The highest BCUT2D eigenvalue weighted by Crippen LogP contribution is 2.14. The van der Waals surface area contributed by atoms with E-state index in [2.05, 4.69) is 56.8 Å². The lowest BCUT2D eigenvalue weighted by Gasteiger charge is -2.13. The third kappa shape index (κ3) is 5.68. The molecule has 19 heavy (non-hydrogen) atoms. The number of aromatic nitrogens is 2. The Bertz CT molecular complexity index is 374. The first-order valence-electron chi connectivity index (χ1n) is 7.46. The summed E-state index contributed by atoms with van der Waals surface area (Å²) in [5.74, 6) is 1.61. The Kier molecular flexibility index (Phi) is 6.43. The Morgan fingerprint density at radius 2 is 1.58 bits per heavy atom. The Balaban J connectivity index is 2.63. The van der Waals surface area contributed by atoms with Gasteiger partial charge < -0.3 is 5.32 Å². The molecule has 0 aliphatic heterocycles. The van der Waals surface area contributed by atoms with Crippen molar-refractivity contribution in [2.24, 2.45) is 5.92 Å². The molecule has 0 bridgehead atoms. The van der Waals surface area contributed by atoms with E-state index in [0.29, 0.717) is 12.0 Å². The zero-order valence-corrected chi connectivity index (χ0v) is 13.4. The molecule has 0 aliphatic carbocycles. The molecular formula is C16H29N3. The third-order valence-electron chi connectivity index (χ3n) is 3.21. The molecule has 0 amide bonds. The zero-order valence-electron chi connectivity index (χ0n) is 13.4. The van der Waals surface area contributed by atoms with Gasteiger partial charge in [-0.1, -0.05) is 27.7 Å². The predicted molar refractivity (Wildman–Crippen MR) is 81.5 cm³/mol. The maximum Gasteiger partial charge on any atom is 0.129 e. The lowest BCUT2D eigenvalue weighted by molar-refractivity contribution is 0.567. The van der Waals surface area contributed by atoms with Crippen molar-refractivity contribution in [2.45, 2.75) is 66.8 Å². The molecule has 1 N–H and O–H groups in total. The van der Waals surface area contributed by atoms with Crippen molar-refractivity contribution in [1.82, 2.24) is 15.3 Å². The molecular weight excluding hydrogens is 234 g/mol. The maximum atomic E-state index is 4.66. The smallest absolute Gasteiger partial charge is 0.129 e. The van der Waals surface area contributed by atoms with Crippen molar-refractivity contribution in [3.8, 4) is 0 Å². The van der Waals surface area contributed by atoms with Crippen molar-refractivity contribution < 1.29 is 0 Å². The van der Waals surface area contributed by atoms with Crippen LogP contribution in [-0.4, -0.2) is 22.6 Å². The second kappa shape index (κ2) is 7.59. The maximum absolute atomic E-state index is 4.66. The van der Waals surface area contributed by atoms with Gasteiger partial charge in [0.15, 0.2) is 0 Å². The van der Waals surface area contributed by atoms with Crippen LogP contribution in [0, 0.1) is 19.8 Å². The Morgan fingerprint density at radius 3 is 2.05 bits per heavy atom. The Hall–Kier alpha value is -0.960. The summed E-state index contributed by atoms with van der Waals surface area (Å²) >= 11 is 0. The second-order valence-corrected chi connectivity index (χ2v) is 6.10. The monoisotopic (exact) mass is 263 g/mol. The Morgan fingerprint density at radius 1 is 1.00 bits per heavy atom. The largest absolute Gasteiger partial charge is 0.315 e. The van der Waals surface area contributed by atoms with E-state index in [0.717, 1.165) is 43.0 Å². The zero-order chi connectivity index (χ0) is 14.4. The highest BCUT2D eigenvalue weighted by molar-refractivity contribution is 5.24. The molecule has 3 nitrogen and oxygen atoms in total. The first kappa shape index (κ1) is 16.1. The highest BCUT2D eigenvalue weighted by atomic mass is 14.9. The van der Waals surface area contributed by atoms with E-state index >= 15 is 0 Å². The number of hydrogen-bond acceptors (Lipinski definition) is 3. The van der Waals surface area contributed by atoms with Crippen LogP contribution in [0.4, 0.5) is 0 Å². The number of aryl methyl sites for hydroxylation is 2. The molecule has 0 saturated heterocycles.